The Kier molecular flexibility index (Phi) is 7.90. The molecule has 0 aliphatic carbocycles. The van der Waals surface area contributed by atoms with Crippen molar-refractivity contribution in [2.75, 3.05) is 5.08 Å². The summed E-state index contributed by atoms with van der Waals surface area (Å²) in [4.78, 5) is 8.15. The van der Waals surface area contributed by atoms with E-state index in [1.54, 1.807) is 0 Å². The topological polar surface area (TPSA) is 25.8 Å². The number of hydrogen-bond acceptors (Lipinski definition) is 4. The molecule has 2 aromatic heterocycles. The third kappa shape index (κ3) is 4.73. The Morgan fingerprint density at radius 3 is 1.22 bits per heavy atom. The molecule has 0 saturated heterocycles. The SMILES string of the molecule is Clc1nc(SCSc2nc(Cl)c(Cl)c(Cl)c2Cl)c(Cl)c(Cl)c1Cl. The molecule has 0 aliphatic heterocycles. The lowest BCUT2D eigenvalue weighted by Crippen LogP contribution is -1.89. The van der Waals surface area contributed by atoms with E-state index in [9.17, 15) is 0 Å². The molecular weight excluding hydrogens is 508 g/mol. The molecule has 2 heterocycles. The smallest absolute Gasteiger partial charge is 0.150 e. The van der Waals surface area contributed by atoms with Crippen molar-refractivity contribution in [3.63, 3.8) is 0 Å². The van der Waals surface area contributed by atoms with Crippen molar-refractivity contribution < 1.29 is 0 Å². The van der Waals surface area contributed by atoms with Crippen molar-refractivity contribution in [2.45, 2.75) is 10.1 Å². The molecule has 2 rings (SSSR count). The Morgan fingerprint density at radius 2 is 0.870 bits per heavy atom. The van der Waals surface area contributed by atoms with E-state index in [1.807, 2.05) is 0 Å². The van der Waals surface area contributed by atoms with Crippen molar-refractivity contribution in [3.05, 3.63) is 40.4 Å². The van der Waals surface area contributed by atoms with Gasteiger partial charge in [0.15, 0.2) is 10.3 Å². The van der Waals surface area contributed by atoms with Crippen molar-refractivity contribution in [1.82, 2.24) is 9.97 Å². The fourth-order valence-electron chi connectivity index (χ4n) is 1.27. The van der Waals surface area contributed by atoms with Crippen LogP contribution in [-0.2, 0) is 0 Å². The third-order valence-electron chi connectivity index (χ3n) is 2.30. The van der Waals surface area contributed by atoms with Gasteiger partial charge < -0.3 is 0 Å². The van der Waals surface area contributed by atoms with Gasteiger partial charge in [0.05, 0.1) is 35.2 Å². The standard InChI is InChI=1S/C11H2Cl8N2S2/c12-2-4(14)8(18)20-10(6(2)16)22-1-23-11-7(17)3(13)5(15)9(19)21-11/h1H2. The molecule has 0 radical (unpaired) electrons. The van der Waals surface area contributed by atoms with Crippen LogP contribution in [0.1, 0.15) is 0 Å². The zero-order valence-electron chi connectivity index (χ0n) is 10.4. The van der Waals surface area contributed by atoms with Crippen LogP contribution in [0, 0.1) is 0 Å². The summed E-state index contributed by atoms with van der Waals surface area (Å²) in [7, 11) is 0. The summed E-state index contributed by atoms with van der Waals surface area (Å²) < 4.78 is 0. The summed E-state index contributed by atoms with van der Waals surface area (Å²) in [5.41, 5.74) is 0. The first-order valence-electron chi connectivity index (χ1n) is 5.39. The second-order valence-electron chi connectivity index (χ2n) is 3.71. The highest BCUT2D eigenvalue weighted by Crippen LogP contribution is 2.43. The number of rotatable bonds is 4. The van der Waals surface area contributed by atoms with Crippen molar-refractivity contribution in [2.24, 2.45) is 0 Å². The Labute approximate surface area is 180 Å². The molecule has 0 aliphatic rings. The van der Waals surface area contributed by atoms with Gasteiger partial charge in [0.25, 0.3) is 0 Å². The number of pyridine rings is 2. The molecule has 124 valence electrons. The second-order valence-corrected chi connectivity index (χ2v) is 8.98. The van der Waals surface area contributed by atoms with E-state index in [4.69, 9.17) is 92.8 Å². The summed E-state index contributed by atoms with van der Waals surface area (Å²) in [6.07, 6.45) is 0. The van der Waals surface area contributed by atoms with Gasteiger partial charge in [-0.1, -0.05) is 116 Å². The lowest BCUT2D eigenvalue weighted by molar-refractivity contribution is 1.13. The van der Waals surface area contributed by atoms with E-state index < -0.39 is 0 Å². The van der Waals surface area contributed by atoms with Crippen LogP contribution in [0.5, 0.6) is 0 Å². The predicted octanol–water partition coefficient (Wildman–Crippen LogP) is 8.55. The minimum Gasteiger partial charge on any atom is -0.226 e. The van der Waals surface area contributed by atoms with Crippen molar-refractivity contribution in [3.8, 4) is 0 Å². The maximum atomic E-state index is 6.09. The molecule has 0 N–H and O–H groups in total. The highest BCUT2D eigenvalue weighted by Gasteiger charge is 2.18. The normalized spacial score (nSPS) is 11.1. The quantitative estimate of drug-likeness (QED) is 0.234. The first kappa shape index (κ1) is 20.6. The maximum absolute atomic E-state index is 6.09. The van der Waals surface area contributed by atoms with Gasteiger partial charge in [0.2, 0.25) is 0 Å². The van der Waals surface area contributed by atoms with Crippen LogP contribution in [-0.4, -0.2) is 15.1 Å². The molecule has 12 heteroatoms. The molecule has 0 amide bonds. The highest BCUT2D eigenvalue weighted by atomic mass is 35.5. The van der Waals surface area contributed by atoms with Crippen molar-refractivity contribution >= 4 is 116 Å². The van der Waals surface area contributed by atoms with E-state index >= 15 is 0 Å². The minimum absolute atomic E-state index is 0.0716. The first-order chi connectivity index (χ1) is 10.7. The molecular formula is C11H2Cl8N2S2. The number of nitrogens with zero attached hydrogens (tertiary/aromatic N) is 2. The van der Waals surface area contributed by atoms with Gasteiger partial charge in [-0.05, 0) is 0 Å². The summed E-state index contributed by atoms with van der Waals surface area (Å²) in [6, 6.07) is 0. The van der Waals surface area contributed by atoms with Gasteiger partial charge in [-0.2, -0.15) is 0 Å². The van der Waals surface area contributed by atoms with Gasteiger partial charge in [-0.3, -0.25) is 0 Å². The van der Waals surface area contributed by atoms with E-state index in [0.717, 1.165) is 0 Å². The second kappa shape index (κ2) is 8.81. The Morgan fingerprint density at radius 1 is 0.522 bits per heavy atom. The summed E-state index contributed by atoms with van der Waals surface area (Å²) in [5.74, 6) is 0. The van der Waals surface area contributed by atoms with Gasteiger partial charge in [-0.15, -0.1) is 0 Å². The maximum Gasteiger partial charge on any atom is 0.150 e. The van der Waals surface area contributed by atoms with Gasteiger partial charge in [0.1, 0.15) is 10.1 Å². The van der Waals surface area contributed by atoms with Gasteiger partial charge in [-0.25, -0.2) is 9.97 Å². The lowest BCUT2D eigenvalue weighted by atomic mass is 10.5. The van der Waals surface area contributed by atoms with E-state index in [0.29, 0.717) is 15.1 Å². The molecule has 0 unspecified atom stereocenters. The van der Waals surface area contributed by atoms with Crippen molar-refractivity contribution in [1.29, 1.82) is 0 Å². The monoisotopic (exact) mass is 506 g/mol. The molecule has 23 heavy (non-hydrogen) atoms. The van der Waals surface area contributed by atoms with E-state index in [-0.39, 0.29) is 40.4 Å². The van der Waals surface area contributed by atoms with E-state index in [2.05, 4.69) is 9.97 Å². The van der Waals surface area contributed by atoms with Crippen LogP contribution in [0.25, 0.3) is 0 Å². The average molecular weight is 510 g/mol. The lowest BCUT2D eigenvalue weighted by Gasteiger charge is -2.09. The number of aromatic nitrogens is 2. The Bertz CT molecular complexity index is 707. The van der Waals surface area contributed by atoms with Crippen LogP contribution in [0.4, 0.5) is 0 Å². The third-order valence-corrected chi connectivity index (χ3v) is 7.96. The van der Waals surface area contributed by atoms with Crippen LogP contribution in [0.2, 0.25) is 40.4 Å². The van der Waals surface area contributed by atoms with E-state index in [1.165, 1.54) is 23.5 Å². The molecule has 0 aromatic carbocycles. The fraction of sp³-hybridized carbons (Fsp3) is 0.0909. The largest absolute Gasteiger partial charge is 0.226 e. The zero-order valence-corrected chi connectivity index (χ0v) is 18.1. The van der Waals surface area contributed by atoms with Crippen LogP contribution < -0.4 is 0 Å². The van der Waals surface area contributed by atoms with Crippen LogP contribution >= 0.6 is 116 Å². The molecule has 0 spiro atoms. The predicted molar refractivity (Wildman–Crippen MR) is 105 cm³/mol. The highest BCUT2D eigenvalue weighted by molar-refractivity contribution is 8.16. The summed E-state index contributed by atoms with van der Waals surface area (Å²) >= 11 is 50.2. The zero-order chi connectivity index (χ0) is 17.3. The average Bonchev–Trinajstić information content (AvgIpc) is 2.52. The van der Waals surface area contributed by atoms with Crippen LogP contribution in [0.3, 0.4) is 0 Å². The van der Waals surface area contributed by atoms with Gasteiger partial charge >= 0.3 is 0 Å². The number of halogens is 8. The van der Waals surface area contributed by atoms with Gasteiger partial charge in [0, 0.05) is 0 Å². The summed E-state index contributed by atoms with van der Waals surface area (Å²) in [6.45, 7) is 0. The summed E-state index contributed by atoms with van der Waals surface area (Å²) in [5, 5.41) is 2.40. The molecule has 2 aromatic rings. The van der Waals surface area contributed by atoms with Crippen LogP contribution in [0.15, 0.2) is 10.1 Å². The number of thioether (sulfide) groups is 2. The molecule has 0 saturated carbocycles. The molecule has 0 fully saturated rings. The first-order valence-corrected chi connectivity index (χ1v) is 10.4. The number of hydrogen-bond donors (Lipinski definition) is 0. The fourth-order valence-corrected chi connectivity index (χ4v) is 5.16. The molecule has 0 bridgehead atoms. The minimum atomic E-state index is 0.0716. The Balaban J connectivity index is 2.15. The Hall–Kier alpha value is 1.32. The molecule has 2 nitrogen and oxygen atoms in total. The molecule has 0 atom stereocenters.